The summed E-state index contributed by atoms with van der Waals surface area (Å²) in [5.41, 5.74) is 0.175. The molecule has 150 valence electrons. The third-order valence-electron chi connectivity index (χ3n) is 7.53. The lowest BCUT2D eigenvalue weighted by Crippen LogP contribution is -2.56. The van der Waals surface area contributed by atoms with Gasteiger partial charge in [0, 0.05) is 12.0 Å². The summed E-state index contributed by atoms with van der Waals surface area (Å²) < 4.78 is 12.3. The van der Waals surface area contributed by atoms with E-state index in [9.17, 15) is 0 Å². The molecule has 0 spiro atoms. The molecule has 2 rings (SSSR count). The first-order valence-corrected chi connectivity index (χ1v) is 13.6. The van der Waals surface area contributed by atoms with Crippen LogP contribution in [0.3, 0.4) is 0 Å². The van der Waals surface area contributed by atoms with Crippen molar-refractivity contribution in [2.45, 2.75) is 84.5 Å². The van der Waals surface area contributed by atoms with Gasteiger partial charge in [0.05, 0.1) is 12.7 Å². The summed E-state index contributed by atoms with van der Waals surface area (Å²) in [4.78, 5) is 0. The number of hydrogen-bond donors (Lipinski definition) is 0. The van der Waals surface area contributed by atoms with Gasteiger partial charge in [-0.2, -0.15) is 0 Å². The molecule has 1 aliphatic carbocycles. The summed E-state index contributed by atoms with van der Waals surface area (Å²) in [6, 6.07) is 0. The van der Waals surface area contributed by atoms with Gasteiger partial charge in [-0.05, 0) is 62.1 Å². The molecule has 1 saturated carbocycles. The van der Waals surface area contributed by atoms with E-state index in [1.807, 2.05) is 0 Å². The predicted octanol–water partition coefficient (Wildman–Crippen LogP) is 6.60. The largest absolute Gasteiger partial charge is 0.417 e. The molecule has 2 aliphatic rings. The van der Waals surface area contributed by atoms with Crippen LogP contribution in [0.1, 0.15) is 60.3 Å². The Kier molecular flexibility index (Phi) is 7.01. The van der Waals surface area contributed by atoms with Gasteiger partial charge in [0.15, 0.2) is 8.32 Å². The van der Waals surface area contributed by atoms with Crippen LogP contribution < -0.4 is 0 Å². The van der Waals surface area contributed by atoms with E-state index in [2.05, 4.69) is 72.5 Å². The summed E-state index contributed by atoms with van der Waals surface area (Å²) in [5, 5.41) is 0.298. The van der Waals surface area contributed by atoms with Gasteiger partial charge >= 0.3 is 0 Å². The zero-order valence-electron chi connectivity index (χ0n) is 18.3. The maximum absolute atomic E-state index is 6.30. The van der Waals surface area contributed by atoms with Gasteiger partial charge in [-0.15, -0.1) is 6.58 Å². The molecule has 0 aromatic carbocycles. The van der Waals surface area contributed by atoms with Gasteiger partial charge in [0.2, 0.25) is 0 Å². The molecule has 0 bridgehead atoms. The quantitative estimate of drug-likeness (QED) is 0.256. The van der Waals surface area contributed by atoms with Crippen LogP contribution in [-0.2, 0) is 9.16 Å². The second-order valence-electron chi connectivity index (χ2n) is 9.94. The summed E-state index contributed by atoms with van der Waals surface area (Å²) >= 11 is 0. The minimum Gasteiger partial charge on any atom is -0.417 e. The van der Waals surface area contributed by atoms with Gasteiger partial charge in [0.1, 0.15) is 0 Å². The van der Waals surface area contributed by atoms with Crippen molar-refractivity contribution in [2.24, 2.45) is 23.2 Å². The highest BCUT2D eigenvalue weighted by molar-refractivity contribution is 6.74. The summed E-state index contributed by atoms with van der Waals surface area (Å²) in [5.74, 6) is 2.04. The third kappa shape index (κ3) is 3.91. The predicted molar refractivity (Wildman–Crippen MR) is 115 cm³/mol. The summed E-state index contributed by atoms with van der Waals surface area (Å²) in [6.07, 6.45) is 12.2. The first-order valence-electron chi connectivity index (χ1n) is 10.7. The highest BCUT2D eigenvalue weighted by Gasteiger charge is 2.64. The topological polar surface area (TPSA) is 18.5 Å². The van der Waals surface area contributed by atoms with Gasteiger partial charge in [-0.25, -0.2) is 0 Å². The number of allylic oxidation sites excluding steroid dienone is 2. The fourth-order valence-electron chi connectivity index (χ4n) is 4.82. The maximum atomic E-state index is 6.30. The highest BCUT2D eigenvalue weighted by Crippen LogP contribution is 2.64. The lowest BCUT2D eigenvalue weighted by Gasteiger charge is -2.57. The molecule has 2 fully saturated rings. The third-order valence-corrected chi connectivity index (χ3v) is 12.1. The molecule has 2 nitrogen and oxygen atoms in total. The van der Waals surface area contributed by atoms with Crippen molar-refractivity contribution < 1.29 is 9.16 Å². The summed E-state index contributed by atoms with van der Waals surface area (Å²) in [6.45, 7) is 22.1. The molecule has 1 heterocycles. The Hall–Kier alpha value is -0.383. The Balaban J connectivity index is 1.87. The van der Waals surface area contributed by atoms with Crippen molar-refractivity contribution in [3.05, 3.63) is 24.8 Å². The van der Waals surface area contributed by atoms with Crippen molar-refractivity contribution in [1.29, 1.82) is 0 Å². The number of rotatable bonds is 9. The van der Waals surface area contributed by atoms with Gasteiger partial charge < -0.3 is 9.16 Å². The second-order valence-corrected chi connectivity index (χ2v) is 14.8. The lowest BCUT2D eigenvalue weighted by molar-refractivity contribution is -0.0469. The van der Waals surface area contributed by atoms with Crippen LogP contribution in [0.2, 0.25) is 18.1 Å². The van der Waals surface area contributed by atoms with Crippen molar-refractivity contribution in [2.75, 3.05) is 13.2 Å². The van der Waals surface area contributed by atoms with E-state index in [1.54, 1.807) is 0 Å². The van der Waals surface area contributed by atoms with Crippen molar-refractivity contribution >= 4 is 8.32 Å². The van der Waals surface area contributed by atoms with Gasteiger partial charge in [0.25, 0.3) is 0 Å². The molecular weight excluding hydrogens is 336 g/mol. The second kappa shape index (κ2) is 8.32. The Labute approximate surface area is 163 Å². The standard InChI is InChI=1S/C23H42O2Si/c1-9-14-19-20(23(10-2)18(3)24-17-21(19)23)15-12-11-13-16-25-26(7,8)22(4,5)6/h10,12,15,18-21H,2,9,11,13-14,16-17H2,1,3-8H3/b15-12+/t18-,19+,20-,21-,23+/m1/s1. The summed E-state index contributed by atoms with van der Waals surface area (Å²) in [7, 11) is -1.60. The molecule has 26 heavy (non-hydrogen) atoms. The Morgan fingerprint density at radius 1 is 1.31 bits per heavy atom. The average molecular weight is 379 g/mol. The van der Waals surface area contributed by atoms with Crippen LogP contribution in [-0.4, -0.2) is 27.6 Å². The Bertz CT molecular complexity index is 505. The van der Waals surface area contributed by atoms with Crippen LogP contribution in [0.15, 0.2) is 24.8 Å². The minimum atomic E-state index is -1.60. The number of ether oxygens (including phenoxy) is 1. The minimum absolute atomic E-state index is 0.175. The zero-order valence-corrected chi connectivity index (χ0v) is 19.3. The molecule has 0 radical (unpaired) electrons. The normalized spacial score (nSPS) is 34.7. The number of hydrogen-bond acceptors (Lipinski definition) is 2. The van der Waals surface area contributed by atoms with Crippen LogP contribution >= 0.6 is 0 Å². The molecule has 5 atom stereocenters. The molecule has 3 heteroatoms. The van der Waals surface area contributed by atoms with E-state index >= 15 is 0 Å². The fraction of sp³-hybridized carbons (Fsp3) is 0.826. The van der Waals surface area contributed by atoms with E-state index in [0.29, 0.717) is 23.0 Å². The van der Waals surface area contributed by atoms with Crippen molar-refractivity contribution in [1.82, 2.24) is 0 Å². The van der Waals surface area contributed by atoms with Gasteiger partial charge in [-0.1, -0.05) is 52.3 Å². The molecule has 1 aliphatic heterocycles. The zero-order chi connectivity index (χ0) is 19.6. The monoisotopic (exact) mass is 378 g/mol. The number of unbranched alkanes of at least 4 members (excludes halogenated alkanes) is 1. The average Bonchev–Trinajstić information content (AvgIpc) is 2.83. The molecule has 0 aromatic heterocycles. The Morgan fingerprint density at radius 3 is 2.58 bits per heavy atom. The molecule has 1 saturated heterocycles. The SMILES string of the molecule is C=C[C@]12[C@H](/C=C/CCCO[Si](C)(C)C(C)(C)C)[C@H](CCC)[C@H]1CO[C@@H]2C. The van der Waals surface area contributed by atoms with E-state index in [0.717, 1.165) is 32.0 Å². The first-order chi connectivity index (χ1) is 12.1. The van der Waals surface area contributed by atoms with Crippen molar-refractivity contribution in [3.8, 4) is 0 Å². The van der Waals surface area contributed by atoms with Crippen LogP contribution in [0, 0.1) is 23.2 Å². The molecular formula is C23H42O2Si. The lowest BCUT2D eigenvalue weighted by atomic mass is 9.45. The molecule has 0 unspecified atom stereocenters. The van der Waals surface area contributed by atoms with E-state index in [4.69, 9.17) is 9.16 Å². The van der Waals surface area contributed by atoms with E-state index < -0.39 is 8.32 Å². The maximum Gasteiger partial charge on any atom is 0.191 e. The molecule has 0 amide bonds. The Morgan fingerprint density at radius 2 is 2.00 bits per heavy atom. The number of fused-ring (bicyclic) bond motifs is 1. The van der Waals surface area contributed by atoms with Crippen LogP contribution in [0.5, 0.6) is 0 Å². The van der Waals surface area contributed by atoms with Crippen LogP contribution in [0.4, 0.5) is 0 Å². The highest BCUT2D eigenvalue weighted by atomic mass is 28.4. The van der Waals surface area contributed by atoms with Gasteiger partial charge in [-0.3, -0.25) is 0 Å². The first kappa shape index (κ1) is 21.9. The molecule has 0 aromatic rings. The van der Waals surface area contributed by atoms with Crippen molar-refractivity contribution in [3.63, 3.8) is 0 Å². The van der Waals surface area contributed by atoms with Crippen LogP contribution in [0.25, 0.3) is 0 Å². The van der Waals surface area contributed by atoms with E-state index in [-0.39, 0.29) is 5.41 Å². The van der Waals surface area contributed by atoms with E-state index in [1.165, 1.54) is 12.8 Å². The fourth-order valence-corrected chi connectivity index (χ4v) is 5.91. The smallest absolute Gasteiger partial charge is 0.191 e. The molecule has 0 N–H and O–H groups in total.